The normalized spacial score (nSPS) is 24.9. The van der Waals surface area contributed by atoms with Gasteiger partial charge in [-0.15, -0.1) is 22.0 Å². The van der Waals surface area contributed by atoms with E-state index in [1.54, 1.807) is 22.7 Å². The Hall–Kier alpha value is -3.07. The van der Waals surface area contributed by atoms with Crippen molar-refractivity contribution < 1.29 is 13.6 Å². The lowest BCUT2D eigenvalue weighted by Crippen LogP contribution is -2.60. The van der Waals surface area contributed by atoms with E-state index < -0.39 is 22.6 Å². The number of piperazine rings is 1. The molecule has 2 atom stereocenters. The van der Waals surface area contributed by atoms with Gasteiger partial charge < -0.3 is 14.7 Å². The second kappa shape index (κ2) is 8.75. The first-order chi connectivity index (χ1) is 17.4. The number of anilines is 3. The van der Waals surface area contributed by atoms with Gasteiger partial charge in [-0.3, -0.25) is 4.79 Å². The maximum Gasteiger partial charge on any atom is 0.273 e. The summed E-state index contributed by atoms with van der Waals surface area (Å²) in [5, 5.41) is 17.1. The number of nitriles is 1. The van der Waals surface area contributed by atoms with E-state index in [0.717, 1.165) is 30.5 Å². The van der Waals surface area contributed by atoms with Crippen LogP contribution in [0.4, 0.5) is 26.2 Å². The fourth-order valence-corrected chi connectivity index (χ4v) is 6.48. The highest BCUT2D eigenvalue weighted by atomic mass is 32.2. The summed E-state index contributed by atoms with van der Waals surface area (Å²) in [6.45, 7) is 11.3. The maximum absolute atomic E-state index is 14.3. The first-order valence-electron chi connectivity index (χ1n) is 12.3. The summed E-state index contributed by atoms with van der Waals surface area (Å²) in [6.07, 6.45) is 2.39. The van der Waals surface area contributed by atoms with Crippen molar-refractivity contribution in [2.75, 3.05) is 41.7 Å². The van der Waals surface area contributed by atoms with Gasteiger partial charge in [-0.05, 0) is 32.1 Å². The van der Waals surface area contributed by atoms with E-state index in [-0.39, 0.29) is 22.5 Å². The molecule has 3 aliphatic heterocycles. The number of carbonyl (C=O) groups is 1. The number of thioether (sulfide) groups is 1. The van der Waals surface area contributed by atoms with Crippen LogP contribution in [0.5, 0.6) is 0 Å². The third-order valence-corrected chi connectivity index (χ3v) is 8.99. The Morgan fingerprint density at radius 3 is 2.51 bits per heavy atom. The molecular formula is C25H30F2N8OS. The molecule has 12 heteroatoms. The number of aromatic nitrogens is 4. The molecule has 0 radical (unpaired) electrons. The molecule has 0 aliphatic carbocycles. The molecule has 1 amide bonds. The zero-order valence-electron chi connectivity index (χ0n) is 21.6. The molecule has 0 saturated carbocycles. The first-order valence-corrected chi connectivity index (χ1v) is 13.3. The van der Waals surface area contributed by atoms with Gasteiger partial charge in [0.05, 0.1) is 10.3 Å². The maximum atomic E-state index is 14.3. The summed E-state index contributed by atoms with van der Waals surface area (Å²) < 4.78 is 28.2. The van der Waals surface area contributed by atoms with Gasteiger partial charge in [0.1, 0.15) is 24.0 Å². The van der Waals surface area contributed by atoms with Crippen LogP contribution < -0.4 is 9.80 Å². The highest BCUT2D eigenvalue weighted by molar-refractivity contribution is 8.02. The second-order valence-electron chi connectivity index (χ2n) is 11.0. The number of hydrogen-bond acceptors (Lipinski definition) is 9. The average molecular weight is 529 g/mol. The van der Waals surface area contributed by atoms with E-state index in [1.165, 1.54) is 12.4 Å². The highest BCUT2D eigenvalue weighted by Gasteiger charge is 2.46. The van der Waals surface area contributed by atoms with Crippen molar-refractivity contribution in [3.8, 4) is 6.07 Å². The van der Waals surface area contributed by atoms with Gasteiger partial charge in [0.25, 0.3) is 5.92 Å². The zero-order chi connectivity index (χ0) is 26.8. The van der Waals surface area contributed by atoms with Gasteiger partial charge >= 0.3 is 0 Å². The third kappa shape index (κ3) is 4.27. The number of alkyl halides is 2. The minimum atomic E-state index is -3.24. The van der Waals surface area contributed by atoms with Crippen LogP contribution in [-0.2, 0) is 16.1 Å². The van der Waals surface area contributed by atoms with Crippen molar-refractivity contribution in [2.45, 2.75) is 63.2 Å². The first kappa shape index (κ1) is 25.6. The monoisotopic (exact) mass is 528 g/mol. The molecular weight excluding hydrogens is 498 g/mol. The van der Waals surface area contributed by atoms with Crippen molar-refractivity contribution >= 4 is 35.1 Å². The molecule has 2 saturated heterocycles. The molecule has 9 nitrogen and oxygen atoms in total. The summed E-state index contributed by atoms with van der Waals surface area (Å²) in [7, 11) is 0. The lowest BCUT2D eigenvalue weighted by atomic mass is 9.87. The molecule has 2 aromatic heterocycles. The largest absolute Gasteiger partial charge is 0.352 e. The molecule has 2 fully saturated rings. The minimum Gasteiger partial charge on any atom is -0.352 e. The molecule has 37 heavy (non-hydrogen) atoms. The highest BCUT2D eigenvalue weighted by Crippen LogP contribution is 2.47. The van der Waals surface area contributed by atoms with Gasteiger partial charge in [0.2, 0.25) is 5.91 Å². The Kier molecular flexibility index (Phi) is 6.05. The molecule has 196 valence electrons. The number of amides is 1. The predicted molar refractivity (Wildman–Crippen MR) is 137 cm³/mol. The Morgan fingerprint density at radius 1 is 1.22 bits per heavy atom. The van der Waals surface area contributed by atoms with E-state index in [9.17, 15) is 18.8 Å². The molecule has 3 aliphatic rings. The van der Waals surface area contributed by atoms with Crippen molar-refractivity contribution in [3.63, 3.8) is 0 Å². The lowest BCUT2D eigenvalue weighted by Gasteiger charge is -2.46. The Bertz CT molecular complexity index is 1290. The molecule has 5 heterocycles. The summed E-state index contributed by atoms with van der Waals surface area (Å²) in [5.74, 6) is -0.434. The molecule has 0 N–H and O–H groups in total. The van der Waals surface area contributed by atoms with Gasteiger partial charge in [-0.2, -0.15) is 5.26 Å². The van der Waals surface area contributed by atoms with Crippen LogP contribution in [0.15, 0.2) is 12.4 Å². The summed E-state index contributed by atoms with van der Waals surface area (Å²) in [5.41, 5.74) is -0.371. The standard InChI is InChI=1S/C25H30F2N8OS/c1-15-12-33(7-8-34(15)22(36)24(4)6-9-37-24)20-19-21(30-14-29-20)35(13-23(19,2)3)18-10-16(25(5,26)27)17(11-28)31-32-18/h10,14-15H,6-9,12-13H2,1-5H3. The number of carbonyl (C=O) groups excluding carboxylic acids is 1. The van der Waals surface area contributed by atoms with Crippen LogP contribution in [0, 0.1) is 11.3 Å². The number of rotatable bonds is 4. The van der Waals surface area contributed by atoms with E-state index in [1.807, 2.05) is 11.8 Å². The molecule has 2 aromatic rings. The zero-order valence-corrected chi connectivity index (χ0v) is 22.4. The predicted octanol–water partition coefficient (Wildman–Crippen LogP) is 3.61. The van der Waals surface area contributed by atoms with E-state index in [0.29, 0.717) is 32.0 Å². The van der Waals surface area contributed by atoms with Gasteiger partial charge in [-0.1, -0.05) is 13.8 Å². The van der Waals surface area contributed by atoms with Crippen LogP contribution >= 0.6 is 11.8 Å². The SMILES string of the molecule is CC1CN(c2ncnc3c2C(C)(C)CN3c2cc(C(C)(F)F)c(C#N)nn2)CCN1C(=O)C1(C)CCS1. The van der Waals surface area contributed by atoms with Gasteiger partial charge in [0.15, 0.2) is 11.5 Å². The number of hydrogen-bond donors (Lipinski definition) is 0. The van der Waals surface area contributed by atoms with Crippen LogP contribution in [0.2, 0.25) is 0 Å². The fraction of sp³-hybridized carbons (Fsp3) is 0.600. The van der Waals surface area contributed by atoms with Crippen LogP contribution in [0.3, 0.4) is 0 Å². The number of fused-ring (bicyclic) bond motifs is 1. The van der Waals surface area contributed by atoms with Crippen LogP contribution in [0.25, 0.3) is 0 Å². The molecule has 0 spiro atoms. The van der Waals surface area contributed by atoms with E-state index in [4.69, 9.17) is 0 Å². The van der Waals surface area contributed by atoms with Gasteiger partial charge in [0, 0.05) is 50.1 Å². The second-order valence-corrected chi connectivity index (χ2v) is 12.6. The molecule has 0 bridgehead atoms. The summed E-state index contributed by atoms with van der Waals surface area (Å²) >= 11 is 1.72. The Balaban J connectivity index is 1.46. The lowest BCUT2D eigenvalue weighted by molar-refractivity contribution is -0.136. The smallest absolute Gasteiger partial charge is 0.273 e. The Labute approximate surface area is 219 Å². The number of nitrogens with zero attached hydrogens (tertiary/aromatic N) is 8. The van der Waals surface area contributed by atoms with Crippen LogP contribution in [0.1, 0.15) is 57.9 Å². The summed E-state index contributed by atoms with van der Waals surface area (Å²) in [6, 6.07) is 2.95. The Morgan fingerprint density at radius 2 is 1.92 bits per heavy atom. The average Bonchev–Trinajstić information content (AvgIpc) is 3.12. The fourth-order valence-electron chi connectivity index (χ4n) is 5.42. The van der Waals surface area contributed by atoms with E-state index in [2.05, 4.69) is 45.8 Å². The van der Waals surface area contributed by atoms with Crippen molar-refractivity contribution in [3.05, 3.63) is 29.2 Å². The summed E-state index contributed by atoms with van der Waals surface area (Å²) in [4.78, 5) is 28.3. The van der Waals surface area contributed by atoms with Crippen molar-refractivity contribution in [1.82, 2.24) is 25.1 Å². The molecule has 2 unspecified atom stereocenters. The molecule has 5 rings (SSSR count). The van der Waals surface area contributed by atoms with E-state index >= 15 is 0 Å². The van der Waals surface area contributed by atoms with Crippen molar-refractivity contribution in [1.29, 1.82) is 5.26 Å². The number of halogens is 2. The van der Waals surface area contributed by atoms with Crippen LogP contribution in [-0.4, -0.2) is 73.7 Å². The molecule has 0 aromatic carbocycles. The van der Waals surface area contributed by atoms with Crippen molar-refractivity contribution in [2.24, 2.45) is 0 Å². The van der Waals surface area contributed by atoms with Gasteiger partial charge in [-0.25, -0.2) is 18.7 Å². The third-order valence-electron chi connectivity index (χ3n) is 7.57. The quantitative estimate of drug-likeness (QED) is 0.589. The minimum absolute atomic E-state index is 0.0178. The topological polar surface area (TPSA) is 102 Å².